The minimum absolute atomic E-state index is 0.00348. The molecular weight excluding hydrogens is 340 g/mol. The van der Waals surface area contributed by atoms with E-state index >= 15 is 0 Å². The third-order valence-corrected chi connectivity index (χ3v) is 5.88. The summed E-state index contributed by atoms with van der Waals surface area (Å²) in [5.74, 6) is 1.02. The Morgan fingerprint density at radius 2 is 1.93 bits per heavy atom. The molecule has 2 saturated heterocycles. The van der Waals surface area contributed by atoms with Crippen LogP contribution >= 0.6 is 0 Å². The van der Waals surface area contributed by atoms with Crippen molar-refractivity contribution in [2.24, 2.45) is 5.73 Å². The molecule has 4 rings (SSSR count). The summed E-state index contributed by atoms with van der Waals surface area (Å²) in [4.78, 5) is 18.9. The summed E-state index contributed by atoms with van der Waals surface area (Å²) in [7, 11) is 0. The molecule has 144 valence electrons. The van der Waals surface area contributed by atoms with Crippen LogP contribution in [0, 0.1) is 0 Å². The molecule has 4 N–H and O–H groups in total. The van der Waals surface area contributed by atoms with Crippen LogP contribution in [0.2, 0.25) is 0 Å². The number of pyridine rings is 1. The number of likely N-dealkylation sites (tertiary alicyclic amines) is 1. The second kappa shape index (κ2) is 8.19. The summed E-state index contributed by atoms with van der Waals surface area (Å²) in [6.45, 7) is 4.07. The third kappa shape index (κ3) is 4.04. The topological polar surface area (TPSA) is 99.9 Å². The van der Waals surface area contributed by atoms with Crippen LogP contribution in [0.15, 0.2) is 24.4 Å². The molecule has 2 aromatic rings. The van der Waals surface area contributed by atoms with Gasteiger partial charge in [-0.1, -0.05) is 0 Å². The maximum atomic E-state index is 12.7. The predicted molar refractivity (Wildman–Crippen MR) is 103 cm³/mol. The number of nitrogens with zero attached hydrogens (tertiary/aromatic N) is 3. The molecule has 27 heavy (non-hydrogen) atoms. The Hall–Kier alpha value is -2.25. The standard InChI is InChI=1S/C20H28N6O/c21-13-14-1-8-23-19(11-14)20(27)26-9-4-16(5-10-26)18-12-17(24-25-18)15-2-6-22-7-3-15/h1,8,11-12,15-16,22H,2-7,9-10,13,21H2,(H,24,25). The highest BCUT2D eigenvalue weighted by atomic mass is 16.2. The number of hydrogen-bond donors (Lipinski definition) is 3. The molecule has 2 fully saturated rings. The van der Waals surface area contributed by atoms with Crippen LogP contribution in [0.1, 0.15) is 65.0 Å². The van der Waals surface area contributed by atoms with Gasteiger partial charge in [-0.05, 0) is 62.5 Å². The summed E-state index contributed by atoms with van der Waals surface area (Å²) >= 11 is 0. The van der Waals surface area contributed by atoms with E-state index in [0.717, 1.165) is 57.4 Å². The third-order valence-electron chi connectivity index (χ3n) is 5.88. The Morgan fingerprint density at radius 1 is 1.15 bits per heavy atom. The van der Waals surface area contributed by atoms with Crippen LogP contribution in [0.4, 0.5) is 0 Å². The molecule has 0 bridgehead atoms. The van der Waals surface area contributed by atoms with Crippen LogP contribution in [0.5, 0.6) is 0 Å². The molecule has 2 aromatic heterocycles. The number of H-pyrrole nitrogens is 1. The Morgan fingerprint density at radius 3 is 2.67 bits per heavy atom. The van der Waals surface area contributed by atoms with E-state index in [0.29, 0.717) is 24.1 Å². The molecule has 1 amide bonds. The predicted octanol–water partition coefficient (Wildman–Crippen LogP) is 1.75. The maximum Gasteiger partial charge on any atom is 0.272 e. The van der Waals surface area contributed by atoms with Gasteiger partial charge >= 0.3 is 0 Å². The van der Waals surface area contributed by atoms with Crippen LogP contribution in [-0.4, -0.2) is 52.2 Å². The van der Waals surface area contributed by atoms with Crippen molar-refractivity contribution in [2.75, 3.05) is 26.2 Å². The molecule has 0 unspecified atom stereocenters. The lowest BCUT2D eigenvalue weighted by Crippen LogP contribution is -2.38. The number of hydrogen-bond acceptors (Lipinski definition) is 5. The van der Waals surface area contributed by atoms with Crippen molar-refractivity contribution in [2.45, 2.75) is 44.1 Å². The lowest BCUT2D eigenvalue weighted by Gasteiger charge is -2.31. The summed E-state index contributed by atoms with van der Waals surface area (Å²) < 4.78 is 0. The SMILES string of the molecule is NCc1ccnc(C(=O)N2CCC(c3cc(C4CCNCC4)n[nH]3)CC2)c1. The fourth-order valence-electron chi connectivity index (χ4n) is 4.16. The molecule has 7 heteroatoms. The van der Waals surface area contributed by atoms with E-state index in [9.17, 15) is 4.79 Å². The van der Waals surface area contributed by atoms with Crippen molar-refractivity contribution in [3.05, 3.63) is 47.0 Å². The average molecular weight is 368 g/mol. The number of amides is 1. The van der Waals surface area contributed by atoms with Gasteiger partial charge in [0, 0.05) is 43.4 Å². The number of rotatable bonds is 4. The van der Waals surface area contributed by atoms with Gasteiger partial charge in [-0.2, -0.15) is 5.10 Å². The first-order valence-electron chi connectivity index (χ1n) is 9.95. The van der Waals surface area contributed by atoms with E-state index in [1.165, 1.54) is 11.4 Å². The number of carbonyl (C=O) groups excluding carboxylic acids is 1. The highest BCUT2D eigenvalue weighted by Crippen LogP contribution is 2.31. The van der Waals surface area contributed by atoms with Crippen LogP contribution < -0.4 is 11.1 Å². The Bertz CT molecular complexity index is 774. The zero-order valence-electron chi connectivity index (χ0n) is 15.7. The van der Waals surface area contributed by atoms with Crippen LogP contribution in [-0.2, 0) is 6.54 Å². The first-order chi connectivity index (χ1) is 13.2. The number of piperidine rings is 2. The average Bonchev–Trinajstić information content (AvgIpc) is 3.24. The fourth-order valence-corrected chi connectivity index (χ4v) is 4.16. The zero-order valence-corrected chi connectivity index (χ0v) is 15.7. The lowest BCUT2D eigenvalue weighted by atomic mass is 9.90. The van der Waals surface area contributed by atoms with Crippen molar-refractivity contribution >= 4 is 5.91 Å². The smallest absolute Gasteiger partial charge is 0.272 e. The second-order valence-corrected chi connectivity index (χ2v) is 7.59. The summed E-state index contributed by atoms with van der Waals surface area (Å²) in [6, 6.07) is 5.90. The maximum absolute atomic E-state index is 12.7. The van der Waals surface area contributed by atoms with E-state index in [2.05, 4.69) is 26.6 Å². The highest BCUT2D eigenvalue weighted by Gasteiger charge is 2.27. The highest BCUT2D eigenvalue weighted by molar-refractivity contribution is 5.92. The van der Waals surface area contributed by atoms with Gasteiger partial charge in [0.2, 0.25) is 0 Å². The molecule has 0 aromatic carbocycles. The fraction of sp³-hybridized carbons (Fsp3) is 0.550. The summed E-state index contributed by atoms with van der Waals surface area (Å²) in [6.07, 6.45) is 5.89. The molecular formula is C20H28N6O. The molecule has 2 aliphatic rings. The van der Waals surface area contributed by atoms with E-state index < -0.39 is 0 Å². The number of carbonyl (C=O) groups is 1. The van der Waals surface area contributed by atoms with E-state index in [1.54, 1.807) is 12.3 Å². The second-order valence-electron chi connectivity index (χ2n) is 7.59. The van der Waals surface area contributed by atoms with Gasteiger partial charge in [0.05, 0.1) is 5.69 Å². The Balaban J connectivity index is 1.36. The molecule has 2 aliphatic heterocycles. The van der Waals surface area contributed by atoms with E-state index in [1.807, 2.05) is 11.0 Å². The minimum atomic E-state index is 0.00348. The van der Waals surface area contributed by atoms with Gasteiger partial charge in [0.1, 0.15) is 5.69 Å². The monoisotopic (exact) mass is 368 g/mol. The first kappa shape index (κ1) is 18.1. The molecule has 0 saturated carbocycles. The van der Waals surface area contributed by atoms with Gasteiger partial charge in [-0.3, -0.25) is 14.9 Å². The van der Waals surface area contributed by atoms with Crippen molar-refractivity contribution in [3.8, 4) is 0 Å². The first-order valence-corrected chi connectivity index (χ1v) is 9.95. The van der Waals surface area contributed by atoms with Crippen molar-refractivity contribution in [1.82, 2.24) is 25.4 Å². The summed E-state index contributed by atoms with van der Waals surface area (Å²) in [5, 5.41) is 11.2. The van der Waals surface area contributed by atoms with Gasteiger partial charge < -0.3 is 16.0 Å². The van der Waals surface area contributed by atoms with Gasteiger partial charge in [-0.25, -0.2) is 0 Å². The number of aromatic nitrogens is 3. The van der Waals surface area contributed by atoms with Crippen LogP contribution in [0.25, 0.3) is 0 Å². The molecule has 7 nitrogen and oxygen atoms in total. The quantitative estimate of drug-likeness (QED) is 0.763. The molecule has 0 atom stereocenters. The zero-order chi connectivity index (χ0) is 18.6. The minimum Gasteiger partial charge on any atom is -0.337 e. The van der Waals surface area contributed by atoms with Crippen molar-refractivity contribution < 1.29 is 4.79 Å². The lowest BCUT2D eigenvalue weighted by molar-refractivity contribution is 0.0706. The normalized spacial score (nSPS) is 19.4. The Kier molecular flexibility index (Phi) is 5.50. The molecule has 0 spiro atoms. The van der Waals surface area contributed by atoms with E-state index in [-0.39, 0.29) is 5.91 Å². The van der Waals surface area contributed by atoms with Crippen molar-refractivity contribution in [3.63, 3.8) is 0 Å². The van der Waals surface area contributed by atoms with E-state index in [4.69, 9.17) is 5.73 Å². The number of aromatic amines is 1. The van der Waals surface area contributed by atoms with Gasteiger partial charge in [-0.15, -0.1) is 0 Å². The summed E-state index contributed by atoms with van der Waals surface area (Å²) in [5.41, 5.74) is 9.52. The largest absolute Gasteiger partial charge is 0.337 e. The molecule has 4 heterocycles. The Labute approximate surface area is 159 Å². The molecule has 0 aliphatic carbocycles. The van der Waals surface area contributed by atoms with Gasteiger partial charge in [0.25, 0.3) is 5.91 Å². The van der Waals surface area contributed by atoms with Crippen LogP contribution in [0.3, 0.4) is 0 Å². The number of nitrogens with one attached hydrogen (secondary N) is 2. The molecule has 0 radical (unpaired) electrons. The van der Waals surface area contributed by atoms with Crippen molar-refractivity contribution in [1.29, 1.82) is 0 Å². The number of nitrogens with two attached hydrogens (primary N) is 1. The van der Waals surface area contributed by atoms with Gasteiger partial charge in [0.15, 0.2) is 0 Å².